The van der Waals surface area contributed by atoms with Gasteiger partial charge in [-0.25, -0.2) is 4.98 Å². The van der Waals surface area contributed by atoms with E-state index in [0.717, 1.165) is 36.9 Å². The lowest BCUT2D eigenvalue weighted by atomic mass is 10.1. The molecule has 164 valence electrons. The summed E-state index contributed by atoms with van der Waals surface area (Å²) >= 11 is 1.38. The van der Waals surface area contributed by atoms with Crippen molar-refractivity contribution in [1.29, 1.82) is 0 Å². The Kier molecular flexibility index (Phi) is 10.1. The quantitative estimate of drug-likeness (QED) is 0.316. The molecule has 1 amide bonds. The summed E-state index contributed by atoms with van der Waals surface area (Å²) in [5, 5.41) is 3.30. The van der Waals surface area contributed by atoms with E-state index in [2.05, 4.69) is 12.2 Å². The molecule has 1 atom stereocenters. The summed E-state index contributed by atoms with van der Waals surface area (Å²) in [5.41, 5.74) is 2.45. The summed E-state index contributed by atoms with van der Waals surface area (Å²) < 4.78 is 6.61. The Bertz CT molecular complexity index is 868. The van der Waals surface area contributed by atoms with Crippen LogP contribution in [0.2, 0.25) is 0 Å². The standard InChI is InChI=1S/C23H33N3O3S/c1-5-6-13-20(21(27)24-14-10-15-29-4)30-23-25-17(2)19(22(28)26(23)3)16-18-11-8-7-9-12-18/h7-9,11-12,20H,5-6,10,13-16H2,1-4H3,(H,24,27). The molecule has 2 rings (SSSR count). The molecule has 30 heavy (non-hydrogen) atoms. The minimum absolute atomic E-state index is 0.00943. The number of carbonyl (C=O) groups is 1. The van der Waals surface area contributed by atoms with E-state index in [0.29, 0.717) is 30.3 Å². The van der Waals surface area contributed by atoms with E-state index in [9.17, 15) is 9.59 Å². The Hall–Kier alpha value is -2.12. The zero-order chi connectivity index (χ0) is 21.9. The second-order valence-corrected chi connectivity index (χ2v) is 8.54. The summed E-state index contributed by atoms with van der Waals surface area (Å²) in [6, 6.07) is 9.92. The largest absolute Gasteiger partial charge is 0.385 e. The van der Waals surface area contributed by atoms with E-state index in [-0.39, 0.29) is 16.7 Å². The number of amides is 1. The smallest absolute Gasteiger partial charge is 0.257 e. The zero-order valence-electron chi connectivity index (χ0n) is 18.4. The highest BCUT2D eigenvalue weighted by Crippen LogP contribution is 2.25. The molecule has 0 fully saturated rings. The predicted octanol–water partition coefficient (Wildman–Crippen LogP) is 3.48. The molecule has 0 aliphatic carbocycles. The number of ether oxygens (including phenoxy) is 1. The first kappa shape index (κ1) is 24.2. The Labute approximate surface area is 183 Å². The average molecular weight is 432 g/mol. The lowest BCUT2D eigenvalue weighted by Gasteiger charge is -2.18. The van der Waals surface area contributed by atoms with Crippen LogP contribution in [-0.4, -0.2) is 41.0 Å². The van der Waals surface area contributed by atoms with Crippen molar-refractivity contribution < 1.29 is 9.53 Å². The summed E-state index contributed by atoms with van der Waals surface area (Å²) in [6.45, 7) is 5.17. The van der Waals surface area contributed by atoms with E-state index in [1.807, 2.05) is 37.3 Å². The normalized spacial score (nSPS) is 12.0. The fraction of sp³-hybridized carbons (Fsp3) is 0.522. The SMILES string of the molecule is CCCCC(Sc1nc(C)c(Cc2ccccc2)c(=O)n1C)C(=O)NCCCOC. The van der Waals surface area contributed by atoms with Gasteiger partial charge in [0.1, 0.15) is 0 Å². The number of nitrogens with one attached hydrogen (secondary N) is 1. The average Bonchev–Trinajstić information content (AvgIpc) is 2.75. The Morgan fingerprint density at radius 3 is 2.67 bits per heavy atom. The number of rotatable bonds is 12. The Morgan fingerprint density at radius 1 is 1.27 bits per heavy atom. The third-order valence-electron chi connectivity index (χ3n) is 4.96. The summed E-state index contributed by atoms with van der Waals surface area (Å²) in [6.07, 6.45) is 4.03. The number of hydrogen-bond donors (Lipinski definition) is 1. The van der Waals surface area contributed by atoms with Crippen LogP contribution in [0.15, 0.2) is 40.3 Å². The van der Waals surface area contributed by atoms with E-state index < -0.39 is 0 Å². The van der Waals surface area contributed by atoms with E-state index in [1.54, 1.807) is 18.7 Å². The number of carbonyl (C=O) groups excluding carboxylic acids is 1. The molecule has 1 N–H and O–H groups in total. The van der Waals surface area contributed by atoms with Crippen molar-refractivity contribution in [2.75, 3.05) is 20.3 Å². The first-order chi connectivity index (χ1) is 14.5. The number of aryl methyl sites for hydroxylation is 1. The van der Waals surface area contributed by atoms with E-state index >= 15 is 0 Å². The van der Waals surface area contributed by atoms with Gasteiger partial charge in [-0.1, -0.05) is 61.9 Å². The van der Waals surface area contributed by atoms with E-state index in [4.69, 9.17) is 9.72 Å². The Balaban J connectivity index is 2.19. The Morgan fingerprint density at radius 2 is 2.00 bits per heavy atom. The maximum absolute atomic E-state index is 13.0. The van der Waals surface area contributed by atoms with Gasteiger partial charge in [-0.2, -0.15) is 0 Å². The third-order valence-corrected chi connectivity index (χ3v) is 6.27. The van der Waals surface area contributed by atoms with Crippen LogP contribution in [0.25, 0.3) is 0 Å². The van der Waals surface area contributed by atoms with Crippen LogP contribution in [-0.2, 0) is 23.0 Å². The van der Waals surface area contributed by atoms with Gasteiger partial charge in [-0.15, -0.1) is 0 Å². The van der Waals surface area contributed by atoms with Crippen LogP contribution in [0, 0.1) is 6.92 Å². The maximum Gasteiger partial charge on any atom is 0.257 e. The topological polar surface area (TPSA) is 73.2 Å². The first-order valence-electron chi connectivity index (χ1n) is 10.5. The van der Waals surface area contributed by atoms with Crippen LogP contribution < -0.4 is 10.9 Å². The van der Waals surface area contributed by atoms with Crippen molar-refractivity contribution >= 4 is 17.7 Å². The van der Waals surface area contributed by atoms with Crippen LogP contribution in [0.5, 0.6) is 0 Å². The molecule has 1 aromatic carbocycles. The van der Waals surface area contributed by atoms with Gasteiger partial charge in [-0.3, -0.25) is 14.2 Å². The molecule has 0 radical (unpaired) electrons. The maximum atomic E-state index is 13.0. The molecule has 2 aromatic rings. The molecule has 7 heteroatoms. The van der Waals surface area contributed by atoms with Gasteiger partial charge in [0.15, 0.2) is 5.16 Å². The number of unbranched alkanes of at least 4 members (excludes halogenated alkanes) is 1. The van der Waals surface area contributed by atoms with Gasteiger partial charge in [-0.05, 0) is 25.3 Å². The predicted molar refractivity (Wildman–Crippen MR) is 122 cm³/mol. The van der Waals surface area contributed by atoms with Gasteiger partial charge < -0.3 is 10.1 Å². The number of hydrogen-bond acceptors (Lipinski definition) is 5. The van der Waals surface area contributed by atoms with Crippen LogP contribution in [0.3, 0.4) is 0 Å². The molecular weight excluding hydrogens is 398 g/mol. The van der Waals surface area contributed by atoms with Crippen LogP contribution in [0.4, 0.5) is 0 Å². The van der Waals surface area contributed by atoms with Crippen LogP contribution in [0.1, 0.15) is 49.4 Å². The van der Waals surface area contributed by atoms with Gasteiger partial charge in [0.25, 0.3) is 5.56 Å². The fourth-order valence-corrected chi connectivity index (χ4v) is 4.30. The molecule has 0 aliphatic rings. The number of methoxy groups -OCH3 is 1. The van der Waals surface area contributed by atoms with Crippen molar-refractivity contribution in [1.82, 2.24) is 14.9 Å². The monoisotopic (exact) mass is 431 g/mol. The molecule has 0 spiro atoms. The fourth-order valence-electron chi connectivity index (χ4n) is 3.14. The van der Waals surface area contributed by atoms with Gasteiger partial charge in [0.2, 0.25) is 5.91 Å². The molecule has 0 saturated carbocycles. The zero-order valence-corrected chi connectivity index (χ0v) is 19.3. The van der Waals surface area contributed by atoms with Crippen LogP contribution >= 0.6 is 11.8 Å². The number of nitrogens with zero attached hydrogens (tertiary/aromatic N) is 2. The van der Waals surface area contributed by atoms with Crippen molar-refractivity contribution in [3.63, 3.8) is 0 Å². The molecule has 1 unspecified atom stereocenters. The highest BCUT2D eigenvalue weighted by atomic mass is 32.2. The minimum Gasteiger partial charge on any atom is -0.385 e. The summed E-state index contributed by atoms with van der Waals surface area (Å²) in [5.74, 6) is -0.00943. The van der Waals surface area contributed by atoms with Crippen molar-refractivity contribution in [2.45, 2.75) is 56.4 Å². The summed E-state index contributed by atoms with van der Waals surface area (Å²) in [7, 11) is 3.39. The van der Waals surface area contributed by atoms with E-state index in [1.165, 1.54) is 11.8 Å². The van der Waals surface area contributed by atoms with Gasteiger partial charge in [0.05, 0.1) is 5.25 Å². The highest BCUT2D eigenvalue weighted by molar-refractivity contribution is 8.00. The number of benzene rings is 1. The third kappa shape index (κ3) is 6.99. The molecule has 0 saturated heterocycles. The summed E-state index contributed by atoms with van der Waals surface area (Å²) in [4.78, 5) is 30.4. The van der Waals surface area contributed by atoms with Gasteiger partial charge >= 0.3 is 0 Å². The second-order valence-electron chi connectivity index (χ2n) is 7.37. The molecular formula is C23H33N3O3S. The molecule has 0 aliphatic heterocycles. The molecule has 0 bridgehead atoms. The van der Waals surface area contributed by atoms with Crippen molar-refractivity contribution in [3.05, 3.63) is 57.5 Å². The molecule has 1 heterocycles. The molecule has 6 nitrogen and oxygen atoms in total. The second kappa shape index (κ2) is 12.5. The number of aromatic nitrogens is 2. The van der Waals surface area contributed by atoms with Crippen molar-refractivity contribution in [3.8, 4) is 0 Å². The lowest BCUT2D eigenvalue weighted by molar-refractivity contribution is -0.120. The number of thioether (sulfide) groups is 1. The minimum atomic E-state index is -0.273. The van der Waals surface area contributed by atoms with Crippen molar-refractivity contribution in [2.24, 2.45) is 7.05 Å². The molecule has 1 aromatic heterocycles. The lowest BCUT2D eigenvalue weighted by Crippen LogP contribution is -2.35. The van der Waals surface area contributed by atoms with Gasteiger partial charge in [0, 0.05) is 45.0 Å². The first-order valence-corrected chi connectivity index (χ1v) is 11.4. The highest BCUT2D eigenvalue weighted by Gasteiger charge is 2.22.